The molecule has 1 fully saturated rings. The van der Waals surface area contributed by atoms with E-state index in [1.54, 1.807) is 30.5 Å². The van der Waals surface area contributed by atoms with Gasteiger partial charge in [-0.05, 0) is 55.3 Å². The average molecular weight is 491 g/mol. The number of halogens is 1. The summed E-state index contributed by atoms with van der Waals surface area (Å²) in [5.74, 6) is 1.66. The molecule has 0 aliphatic carbocycles. The number of carbonyl (C=O) groups excluding carboxylic acids is 1. The van der Waals surface area contributed by atoms with E-state index in [-0.39, 0.29) is 12.5 Å². The van der Waals surface area contributed by atoms with Gasteiger partial charge >= 0.3 is 0 Å². The van der Waals surface area contributed by atoms with Gasteiger partial charge in [-0.2, -0.15) is 0 Å². The zero-order valence-corrected chi connectivity index (χ0v) is 20.7. The smallest absolute Gasteiger partial charge is 0.262 e. The molecule has 1 aromatic heterocycles. The number of β-amino-alcohol motifs (C(OH)–C–C–N with tert-alkyl or cyclic N) is 1. The van der Waals surface area contributed by atoms with Crippen LogP contribution < -0.4 is 15.0 Å². The fourth-order valence-corrected chi connectivity index (χ4v) is 3.82. The Morgan fingerprint density at radius 3 is 2.62 bits per heavy atom. The van der Waals surface area contributed by atoms with Crippen molar-refractivity contribution in [1.82, 2.24) is 9.88 Å². The molecule has 9 heteroatoms. The van der Waals surface area contributed by atoms with Crippen molar-refractivity contribution in [2.24, 2.45) is 5.92 Å². The van der Waals surface area contributed by atoms with E-state index >= 15 is 0 Å². The predicted molar refractivity (Wildman–Crippen MR) is 135 cm³/mol. The Morgan fingerprint density at radius 2 is 1.91 bits per heavy atom. The van der Waals surface area contributed by atoms with Crippen LogP contribution in [0.25, 0.3) is 0 Å². The normalized spacial score (nSPS) is 15.7. The van der Waals surface area contributed by atoms with E-state index in [0.29, 0.717) is 42.1 Å². The summed E-state index contributed by atoms with van der Waals surface area (Å²) in [6.07, 6.45) is 2.17. The molecule has 1 aliphatic rings. The van der Waals surface area contributed by atoms with E-state index in [1.165, 1.54) is 0 Å². The van der Waals surface area contributed by atoms with Crippen LogP contribution in [0.15, 0.2) is 42.6 Å². The van der Waals surface area contributed by atoms with E-state index in [9.17, 15) is 9.90 Å². The fraction of sp³-hybridized carbons (Fsp3) is 0.520. The molecule has 1 amide bonds. The molecule has 2 aromatic rings. The number of nitrogens with zero attached hydrogens (tertiary/aromatic N) is 3. The highest BCUT2D eigenvalue weighted by Crippen LogP contribution is 2.18. The summed E-state index contributed by atoms with van der Waals surface area (Å²) in [6, 6.07) is 10.6. The zero-order chi connectivity index (χ0) is 24.3. The van der Waals surface area contributed by atoms with Gasteiger partial charge in [0.1, 0.15) is 11.6 Å². The lowest BCUT2D eigenvalue weighted by Crippen LogP contribution is -2.38. The molecule has 0 unspecified atom stereocenters. The van der Waals surface area contributed by atoms with Gasteiger partial charge in [-0.25, -0.2) is 4.98 Å². The first kappa shape index (κ1) is 26.2. The number of hydrogen-bond acceptors (Lipinski definition) is 7. The van der Waals surface area contributed by atoms with Gasteiger partial charge in [0.2, 0.25) is 0 Å². The summed E-state index contributed by atoms with van der Waals surface area (Å²) in [7, 11) is 0. The largest absolute Gasteiger partial charge is 0.484 e. The predicted octanol–water partition coefficient (Wildman–Crippen LogP) is 3.30. The number of nitrogens with one attached hydrogen (secondary N) is 1. The summed E-state index contributed by atoms with van der Waals surface area (Å²) in [6.45, 7) is 9.26. The number of aliphatic hydroxyl groups excluding tert-OH is 1. The first-order chi connectivity index (χ1) is 16.4. The summed E-state index contributed by atoms with van der Waals surface area (Å²) in [5, 5.41) is 13.7. The first-order valence-corrected chi connectivity index (χ1v) is 12.1. The molecule has 1 saturated heterocycles. The molecule has 0 spiro atoms. The van der Waals surface area contributed by atoms with Crippen molar-refractivity contribution in [2.75, 3.05) is 62.8 Å². The van der Waals surface area contributed by atoms with Crippen LogP contribution in [0, 0.1) is 5.92 Å². The number of pyridine rings is 1. The van der Waals surface area contributed by atoms with Crippen molar-refractivity contribution in [3.05, 3.63) is 47.6 Å². The maximum atomic E-state index is 12.2. The maximum absolute atomic E-state index is 12.2. The molecule has 0 bridgehead atoms. The Balaban J connectivity index is 1.41. The third-order valence-electron chi connectivity index (χ3n) is 5.36. The molecule has 8 nitrogen and oxygen atoms in total. The Bertz CT molecular complexity index is 879. The van der Waals surface area contributed by atoms with Crippen molar-refractivity contribution in [3.63, 3.8) is 0 Å². The minimum Gasteiger partial charge on any atom is -0.484 e. The van der Waals surface area contributed by atoms with Gasteiger partial charge in [-0.15, -0.1) is 0 Å². The van der Waals surface area contributed by atoms with Crippen LogP contribution in [-0.2, 0) is 9.53 Å². The maximum Gasteiger partial charge on any atom is 0.262 e. The van der Waals surface area contributed by atoms with Crippen molar-refractivity contribution < 1.29 is 19.4 Å². The number of benzene rings is 1. The van der Waals surface area contributed by atoms with Crippen LogP contribution in [0.2, 0.25) is 5.02 Å². The molecule has 3 rings (SSSR count). The van der Waals surface area contributed by atoms with Gasteiger partial charge in [0.05, 0.1) is 24.6 Å². The van der Waals surface area contributed by atoms with Crippen LogP contribution in [-0.4, -0.2) is 79.5 Å². The summed E-state index contributed by atoms with van der Waals surface area (Å²) < 4.78 is 11.0. The topological polar surface area (TPSA) is 87.2 Å². The first-order valence-electron chi connectivity index (χ1n) is 11.8. The second kappa shape index (κ2) is 13.5. The lowest BCUT2D eigenvalue weighted by Gasteiger charge is -2.24. The Hall–Kier alpha value is -2.39. The number of carbonyl (C=O) groups is 1. The Morgan fingerprint density at radius 1 is 1.12 bits per heavy atom. The highest BCUT2D eigenvalue weighted by atomic mass is 35.5. The van der Waals surface area contributed by atoms with Crippen LogP contribution in [0.3, 0.4) is 0 Å². The molecule has 1 atom stereocenters. The highest BCUT2D eigenvalue weighted by molar-refractivity contribution is 6.30. The van der Waals surface area contributed by atoms with Crippen LogP contribution in [0.5, 0.6) is 5.75 Å². The summed E-state index contributed by atoms with van der Waals surface area (Å²) in [4.78, 5) is 21.2. The van der Waals surface area contributed by atoms with E-state index < -0.39 is 6.10 Å². The van der Waals surface area contributed by atoms with E-state index in [1.807, 2.05) is 12.1 Å². The standard InChI is InChI=1S/C25H35ClN4O4/c1-19(2)16-33-17-22(31)15-29-10-3-11-30(13-12-29)24-9-6-21(14-27-24)28-25(32)18-34-23-7-4-20(26)5-8-23/h4-9,14,19,22,31H,3,10-13,15-18H2,1-2H3,(H,28,32)/t22-/m1/s1. The third kappa shape index (κ3) is 9.10. The lowest BCUT2D eigenvalue weighted by atomic mass is 10.2. The molecule has 0 radical (unpaired) electrons. The van der Waals surface area contributed by atoms with Gasteiger partial charge in [0, 0.05) is 37.8 Å². The summed E-state index contributed by atoms with van der Waals surface area (Å²) in [5.41, 5.74) is 0.620. The number of anilines is 2. The van der Waals surface area contributed by atoms with Crippen molar-refractivity contribution in [2.45, 2.75) is 26.4 Å². The van der Waals surface area contributed by atoms with Gasteiger partial charge in [-0.1, -0.05) is 25.4 Å². The van der Waals surface area contributed by atoms with E-state index in [2.05, 4.69) is 33.9 Å². The molecule has 1 aromatic carbocycles. The second-order valence-electron chi connectivity index (χ2n) is 8.92. The molecule has 0 saturated carbocycles. The van der Waals surface area contributed by atoms with Crippen LogP contribution in [0.4, 0.5) is 11.5 Å². The average Bonchev–Trinajstić information content (AvgIpc) is 3.04. The van der Waals surface area contributed by atoms with Gasteiger partial charge in [-0.3, -0.25) is 9.69 Å². The number of hydrogen-bond donors (Lipinski definition) is 2. The molecule has 186 valence electrons. The second-order valence-corrected chi connectivity index (χ2v) is 9.36. The Kier molecular flexibility index (Phi) is 10.4. The zero-order valence-electron chi connectivity index (χ0n) is 20.0. The number of rotatable bonds is 11. The highest BCUT2D eigenvalue weighted by Gasteiger charge is 2.18. The van der Waals surface area contributed by atoms with Gasteiger partial charge in [0.25, 0.3) is 5.91 Å². The number of aliphatic hydroxyl groups is 1. The Labute approximate surface area is 206 Å². The molecule has 2 N–H and O–H groups in total. The number of ether oxygens (including phenoxy) is 2. The minimum absolute atomic E-state index is 0.0975. The molecular formula is C25H35ClN4O4. The van der Waals surface area contributed by atoms with Crippen molar-refractivity contribution in [3.8, 4) is 5.75 Å². The lowest BCUT2D eigenvalue weighted by molar-refractivity contribution is -0.118. The number of aromatic nitrogens is 1. The van der Waals surface area contributed by atoms with E-state index in [0.717, 1.165) is 38.4 Å². The quantitative estimate of drug-likeness (QED) is 0.499. The van der Waals surface area contributed by atoms with Crippen LogP contribution in [0.1, 0.15) is 20.3 Å². The monoisotopic (exact) mass is 490 g/mol. The minimum atomic E-state index is -0.477. The van der Waals surface area contributed by atoms with Crippen molar-refractivity contribution in [1.29, 1.82) is 0 Å². The SMILES string of the molecule is CC(C)COC[C@H](O)CN1CCCN(c2ccc(NC(=O)COc3ccc(Cl)cc3)cn2)CC1. The van der Waals surface area contributed by atoms with Crippen molar-refractivity contribution >= 4 is 29.0 Å². The van der Waals surface area contributed by atoms with E-state index in [4.69, 9.17) is 21.1 Å². The number of amides is 1. The molecular weight excluding hydrogens is 456 g/mol. The molecule has 34 heavy (non-hydrogen) atoms. The summed E-state index contributed by atoms with van der Waals surface area (Å²) >= 11 is 5.85. The van der Waals surface area contributed by atoms with Gasteiger partial charge in [0.15, 0.2) is 6.61 Å². The molecule has 1 aliphatic heterocycles. The van der Waals surface area contributed by atoms with Crippen LogP contribution >= 0.6 is 11.6 Å². The third-order valence-corrected chi connectivity index (χ3v) is 5.61. The van der Waals surface area contributed by atoms with Gasteiger partial charge < -0.3 is 24.8 Å². The fourth-order valence-electron chi connectivity index (χ4n) is 3.70. The molecule has 2 heterocycles.